The minimum absolute atomic E-state index is 0.00215. The SMILES string of the molecule is CCC(C(=O)NC(C)C)N(Cc1ccccc1C)C(=O)Cc1ccc(Cl)cc1Cl. The topological polar surface area (TPSA) is 49.4 Å². The molecule has 0 radical (unpaired) electrons. The lowest BCUT2D eigenvalue weighted by atomic mass is 10.0. The molecule has 1 atom stereocenters. The van der Waals surface area contributed by atoms with Gasteiger partial charge in [-0.15, -0.1) is 0 Å². The highest BCUT2D eigenvalue weighted by atomic mass is 35.5. The maximum atomic E-state index is 13.3. The van der Waals surface area contributed by atoms with Gasteiger partial charge in [0.2, 0.25) is 11.8 Å². The Morgan fingerprint density at radius 3 is 2.34 bits per heavy atom. The number of nitrogens with zero attached hydrogens (tertiary/aromatic N) is 1. The van der Waals surface area contributed by atoms with Crippen molar-refractivity contribution in [1.82, 2.24) is 10.2 Å². The lowest BCUT2D eigenvalue weighted by Gasteiger charge is -2.32. The number of benzene rings is 2. The number of hydrogen-bond acceptors (Lipinski definition) is 2. The third-order valence-electron chi connectivity index (χ3n) is 4.78. The van der Waals surface area contributed by atoms with Crippen molar-refractivity contribution >= 4 is 35.0 Å². The molecule has 0 heterocycles. The predicted molar refractivity (Wildman–Crippen MR) is 119 cm³/mol. The number of aryl methyl sites for hydroxylation is 1. The van der Waals surface area contributed by atoms with Crippen LogP contribution in [-0.4, -0.2) is 28.8 Å². The fourth-order valence-corrected chi connectivity index (χ4v) is 3.68. The summed E-state index contributed by atoms with van der Waals surface area (Å²) in [6.07, 6.45) is 0.623. The van der Waals surface area contributed by atoms with Gasteiger partial charge < -0.3 is 10.2 Å². The second kappa shape index (κ2) is 10.7. The molecule has 0 bridgehead atoms. The standard InChI is InChI=1S/C23H28Cl2N2O2/c1-5-21(23(29)26-15(2)3)27(14-18-9-7-6-8-16(18)4)22(28)12-17-10-11-19(24)13-20(17)25/h6-11,13,15,21H,5,12,14H2,1-4H3,(H,26,29). The van der Waals surface area contributed by atoms with Crippen LogP contribution in [0.3, 0.4) is 0 Å². The van der Waals surface area contributed by atoms with Gasteiger partial charge in [-0.2, -0.15) is 0 Å². The maximum Gasteiger partial charge on any atom is 0.243 e. The summed E-state index contributed by atoms with van der Waals surface area (Å²) < 4.78 is 0. The zero-order valence-electron chi connectivity index (χ0n) is 17.3. The Kier molecular flexibility index (Phi) is 8.54. The van der Waals surface area contributed by atoms with Gasteiger partial charge in [0.1, 0.15) is 6.04 Å². The quantitative estimate of drug-likeness (QED) is 0.622. The zero-order valence-corrected chi connectivity index (χ0v) is 18.8. The van der Waals surface area contributed by atoms with E-state index >= 15 is 0 Å². The second-order valence-electron chi connectivity index (χ2n) is 7.45. The van der Waals surface area contributed by atoms with E-state index in [1.165, 1.54) is 0 Å². The largest absolute Gasteiger partial charge is 0.352 e. The molecule has 1 unspecified atom stereocenters. The highest BCUT2D eigenvalue weighted by molar-refractivity contribution is 6.35. The molecule has 1 N–H and O–H groups in total. The summed E-state index contributed by atoms with van der Waals surface area (Å²) in [6.45, 7) is 8.10. The third-order valence-corrected chi connectivity index (χ3v) is 5.36. The molecule has 0 saturated carbocycles. The van der Waals surface area contributed by atoms with Crippen molar-refractivity contribution in [3.05, 3.63) is 69.2 Å². The van der Waals surface area contributed by atoms with E-state index in [0.29, 0.717) is 28.6 Å². The molecule has 0 aliphatic heterocycles. The zero-order chi connectivity index (χ0) is 21.6. The van der Waals surface area contributed by atoms with E-state index in [1.54, 1.807) is 23.1 Å². The Balaban J connectivity index is 2.35. The minimum Gasteiger partial charge on any atom is -0.352 e. The first-order valence-electron chi connectivity index (χ1n) is 9.81. The molecule has 0 spiro atoms. The number of halogens is 2. The fourth-order valence-electron chi connectivity index (χ4n) is 3.20. The molecule has 0 aromatic heterocycles. The van der Waals surface area contributed by atoms with Crippen LogP contribution in [0.15, 0.2) is 42.5 Å². The molecule has 4 nitrogen and oxygen atoms in total. The Morgan fingerprint density at radius 1 is 1.07 bits per heavy atom. The minimum atomic E-state index is -0.560. The van der Waals surface area contributed by atoms with Gasteiger partial charge in [-0.1, -0.05) is 60.5 Å². The number of carbonyl (C=O) groups excluding carboxylic acids is 2. The first-order chi connectivity index (χ1) is 13.7. The molecule has 0 aliphatic rings. The third kappa shape index (κ3) is 6.48. The monoisotopic (exact) mass is 434 g/mol. The van der Waals surface area contributed by atoms with Crippen molar-refractivity contribution in [2.24, 2.45) is 0 Å². The van der Waals surface area contributed by atoms with E-state index in [4.69, 9.17) is 23.2 Å². The molecule has 156 valence electrons. The summed E-state index contributed by atoms with van der Waals surface area (Å²) >= 11 is 12.2. The fraction of sp³-hybridized carbons (Fsp3) is 0.391. The number of hydrogen-bond donors (Lipinski definition) is 1. The molecular weight excluding hydrogens is 407 g/mol. The van der Waals surface area contributed by atoms with E-state index in [9.17, 15) is 9.59 Å². The first-order valence-corrected chi connectivity index (χ1v) is 10.6. The van der Waals surface area contributed by atoms with Crippen LogP contribution in [0.2, 0.25) is 10.0 Å². The van der Waals surface area contributed by atoms with Gasteiger partial charge in [-0.05, 0) is 56.0 Å². The lowest BCUT2D eigenvalue weighted by molar-refractivity contribution is -0.141. The van der Waals surface area contributed by atoms with E-state index < -0.39 is 6.04 Å². The van der Waals surface area contributed by atoms with Crippen molar-refractivity contribution in [2.45, 2.75) is 59.2 Å². The van der Waals surface area contributed by atoms with Crippen LogP contribution in [0.25, 0.3) is 0 Å². The highest BCUT2D eigenvalue weighted by Gasteiger charge is 2.29. The number of rotatable bonds is 8. The van der Waals surface area contributed by atoms with Gasteiger partial charge in [-0.3, -0.25) is 9.59 Å². The summed E-state index contributed by atoms with van der Waals surface area (Å²) in [6, 6.07) is 12.4. The second-order valence-corrected chi connectivity index (χ2v) is 8.29. The normalized spacial score (nSPS) is 12.0. The maximum absolute atomic E-state index is 13.3. The molecule has 2 rings (SSSR count). The molecular formula is C23H28Cl2N2O2. The Hall–Kier alpha value is -2.04. The molecule has 2 aromatic carbocycles. The average Bonchev–Trinajstić information content (AvgIpc) is 2.64. The van der Waals surface area contributed by atoms with Gasteiger partial charge in [0.15, 0.2) is 0 Å². The van der Waals surface area contributed by atoms with Crippen LogP contribution in [0.1, 0.15) is 43.9 Å². The van der Waals surface area contributed by atoms with Crippen molar-refractivity contribution in [2.75, 3.05) is 0 Å². The van der Waals surface area contributed by atoms with Gasteiger partial charge in [0.05, 0.1) is 6.42 Å². The predicted octanol–water partition coefficient (Wildman–Crippen LogP) is 5.18. The molecule has 6 heteroatoms. The molecule has 0 fully saturated rings. The molecule has 0 aliphatic carbocycles. The van der Waals surface area contributed by atoms with Gasteiger partial charge in [0.25, 0.3) is 0 Å². The number of carbonyl (C=O) groups is 2. The smallest absolute Gasteiger partial charge is 0.243 e. The highest BCUT2D eigenvalue weighted by Crippen LogP contribution is 2.23. The van der Waals surface area contributed by atoms with E-state index in [2.05, 4.69) is 5.32 Å². The van der Waals surface area contributed by atoms with Gasteiger partial charge in [-0.25, -0.2) is 0 Å². The van der Waals surface area contributed by atoms with Crippen LogP contribution in [-0.2, 0) is 22.6 Å². The molecule has 29 heavy (non-hydrogen) atoms. The molecule has 0 saturated heterocycles. The Labute approximate surface area is 183 Å². The van der Waals surface area contributed by atoms with E-state index in [-0.39, 0.29) is 24.3 Å². The van der Waals surface area contributed by atoms with Gasteiger partial charge in [0, 0.05) is 22.6 Å². The average molecular weight is 435 g/mol. The van der Waals surface area contributed by atoms with Crippen molar-refractivity contribution in [3.8, 4) is 0 Å². The summed E-state index contributed by atoms with van der Waals surface area (Å²) in [5.74, 6) is -0.296. The lowest BCUT2D eigenvalue weighted by Crippen LogP contribution is -2.50. The van der Waals surface area contributed by atoms with Gasteiger partial charge >= 0.3 is 0 Å². The van der Waals surface area contributed by atoms with Crippen molar-refractivity contribution in [1.29, 1.82) is 0 Å². The van der Waals surface area contributed by atoms with Crippen LogP contribution in [0.4, 0.5) is 0 Å². The number of nitrogens with one attached hydrogen (secondary N) is 1. The summed E-state index contributed by atoms with van der Waals surface area (Å²) in [7, 11) is 0. The summed E-state index contributed by atoms with van der Waals surface area (Å²) in [4.78, 5) is 27.8. The van der Waals surface area contributed by atoms with Crippen LogP contribution in [0.5, 0.6) is 0 Å². The van der Waals surface area contributed by atoms with Crippen molar-refractivity contribution in [3.63, 3.8) is 0 Å². The Bertz CT molecular complexity index is 868. The van der Waals surface area contributed by atoms with E-state index in [0.717, 1.165) is 11.1 Å². The van der Waals surface area contributed by atoms with Crippen molar-refractivity contribution < 1.29 is 9.59 Å². The first kappa shape index (κ1) is 23.2. The molecule has 2 amide bonds. The van der Waals surface area contributed by atoms with E-state index in [1.807, 2.05) is 52.0 Å². The van der Waals surface area contributed by atoms with Crippen LogP contribution < -0.4 is 5.32 Å². The van der Waals surface area contributed by atoms with Crippen LogP contribution >= 0.6 is 23.2 Å². The van der Waals surface area contributed by atoms with Crippen LogP contribution in [0, 0.1) is 6.92 Å². The number of amides is 2. The molecule has 2 aromatic rings. The summed E-state index contributed by atoms with van der Waals surface area (Å²) in [5, 5.41) is 3.90. The summed E-state index contributed by atoms with van der Waals surface area (Å²) in [5.41, 5.74) is 2.78. The Morgan fingerprint density at radius 2 is 1.76 bits per heavy atom.